The lowest BCUT2D eigenvalue weighted by molar-refractivity contribution is -0.162. The van der Waals surface area contributed by atoms with Crippen molar-refractivity contribution in [3.63, 3.8) is 0 Å². The van der Waals surface area contributed by atoms with Gasteiger partial charge in [0.1, 0.15) is 30.5 Å². The highest BCUT2D eigenvalue weighted by atomic mass is 16.5. The largest absolute Gasteiger partial charge is 0.493 e. The number of Topliss-reactive ketones (excluding diaryl/α,β-unsaturated/α-hetero) is 1. The Morgan fingerprint density at radius 2 is 1.62 bits per heavy atom. The minimum atomic E-state index is -1.04. The lowest BCUT2D eigenvalue weighted by atomic mass is 9.91. The number of benzene rings is 4. The van der Waals surface area contributed by atoms with Crippen LogP contribution in [0, 0.1) is 20.8 Å². The number of anilines is 1. The third kappa shape index (κ3) is 12.1. The van der Waals surface area contributed by atoms with Crippen molar-refractivity contribution in [3.05, 3.63) is 117 Å². The molecule has 5 amide bonds. The molecule has 376 valence electrons. The highest BCUT2D eigenvalue weighted by Gasteiger charge is 2.46. The van der Waals surface area contributed by atoms with Crippen LogP contribution < -0.4 is 24.8 Å². The summed E-state index contributed by atoms with van der Waals surface area (Å²) in [6.45, 7) is 8.82. The average molecular weight is 971 g/mol. The first-order valence-electron chi connectivity index (χ1n) is 24.8. The van der Waals surface area contributed by atoms with E-state index in [9.17, 15) is 33.6 Å². The zero-order chi connectivity index (χ0) is 50.8. The minimum absolute atomic E-state index is 0.0431. The molecule has 2 N–H and O–H groups in total. The van der Waals surface area contributed by atoms with Crippen molar-refractivity contribution in [3.8, 4) is 17.2 Å². The Hall–Kier alpha value is -7.03. The van der Waals surface area contributed by atoms with Gasteiger partial charge in [0.05, 0.1) is 31.3 Å². The number of likely N-dealkylation sites (tertiary alicyclic amines) is 1. The Kier molecular flexibility index (Phi) is 17.3. The van der Waals surface area contributed by atoms with E-state index >= 15 is 0 Å². The van der Waals surface area contributed by atoms with Crippen molar-refractivity contribution in [1.82, 2.24) is 15.1 Å². The number of hydrogen-bond acceptors (Lipinski definition) is 12. The molecule has 15 nitrogen and oxygen atoms in total. The van der Waals surface area contributed by atoms with Crippen LogP contribution >= 0.6 is 0 Å². The van der Waals surface area contributed by atoms with Crippen molar-refractivity contribution >= 4 is 47.0 Å². The maximum atomic E-state index is 14.5. The number of imide groups is 2. The van der Waals surface area contributed by atoms with E-state index in [2.05, 4.69) is 42.7 Å². The highest BCUT2D eigenvalue weighted by molar-refractivity contribution is 6.25. The van der Waals surface area contributed by atoms with Gasteiger partial charge >= 0.3 is 5.97 Å². The van der Waals surface area contributed by atoms with Crippen LogP contribution in [0.25, 0.3) is 0 Å². The monoisotopic (exact) mass is 970 g/mol. The number of fused-ring (bicyclic) bond motifs is 1. The highest BCUT2D eigenvalue weighted by Crippen LogP contribution is 2.38. The number of esters is 1. The predicted octanol–water partition coefficient (Wildman–Crippen LogP) is 8.44. The van der Waals surface area contributed by atoms with E-state index in [-0.39, 0.29) is 42.3 Å². The lowest BCUT2D eigenvalue weighted by Crippen LogP contribution is -2.54. The van der Waals surface area contributed by atoms with Crippen LogP contribution in [0.3, 0.4) is 0 Å². The number of carbonyl (C=O) groups excluding carboxylic acids is 7. The van der Waals surface area contributed by atoms with Gasteiger partial charge < -0.3 is 29.2 Å². The maximum absolute atomic E-state index is 14.5. The first-order valence-corrected chi connectivity index (χ1v) is 24.8. The van der Waals surface area contributed by atoms with Crippen LogP contribution in [0.1, 0.15) is 144 Å². The summed E-state index contributed by atoms with van der Waals surface area (Å²) in [6, 6.07) is 20.6. The third-order valence-electron chi connectivity index (χ3n) is 13.9. The number of ketones is 1. The van der Waals surface area contributed by atoms with Crippen LogP contribution in [0.4, 0.5) is 5.69 Å². The first-order chi connectivity index (χ1) is 34.2. The van der Waals surface area contributed by atoms with Crippen molar-refractivity contribution in [2.45, 2.75) is 129 Å². The fourth-order valence-corrected chi connectivity index (χ4v) is 9.90. The molecule has 2 fully saturated rings. The number of nitrogens with zero attached hydrogens (tertiary/aromatic N) is 2. The molecule has 15 heteroatoms. The number of nitrogens with one attached hydrogen (secondary N) is 2. The molecule has 4 atom stereocenters. The number of aryl methyl sites for hydroxylation is 4. The maximum Gasteiger partial charge on any atom is 0.329 e. The molecular weight excluding hydrogens is 905 g/mol. The van der Waals surface area contributed by atoms with Gasteiger partial charge in [0.2, 0.25) is 17.7 Å². The molecule has 3 aliphatic heterocycles. The van der Waals surface area contributed by atoms with Gasteiger partial charge in [0, 0.05) is 31.6 Å². The molecule has 4 aromatic rings. The van der Waals surface area contributed by atoms with E-state index in [1.807, 2.05) is 44.2 Å². The molecule has 0 bridgehead atoms. The van der Waals surface area contributed by atoms with E-state index < -0.39 is 53.7 Å². The van der Waals surface area contributed by atoms with E-state index in [0.717, 1.165) is 40.0 Å². The topological polar surface area (TPSA) is 187 Å². The van der Waals surface area contributed by atoms with Gasteiger partial charge in [-0.15, -0.1) is 0 Å². The lowest BCUT2D eigenvalue weighted by Gasteiger charge is -2.37. The molecule has 0 spiro atoms. The minimum Gasteiger partial charge on any atom is -0.493 e. The number of hydrogen-bond donors (Lipinski definition) is 2. The molecule has 7 rings (SSSR count). The Morgan fingerprint density at radius 3 is 2.37 bits per heavy atom. The summed E-state index contributed by atoms with van der Waals surface area (Å²) in [5.41, 5.74) is 6.75. The average Bonchev–Trinajstić information content (AvgIpc) is 3.62. The number of methoxy groups -OCH3 is 2. The zero-order valence-corrected chi connectivity index (χ0v) is 41.7. The van der Waals surface area contributed by atoms with E-state index in [1.165, 1.54) is 11.1 Å². The molecule has 0 aliphatic carbocycles. The molecule has 2 saturated heterocycles. The summed E-state index contributed by atoms with van der Waals surface area (Å²) in [6.07, 6.45) is 5.47. The van der Waals surface area contributed by atoms with Crippen LogP contribution in [-0.2, 0) is 35.1 Å². The van der Waals surface area contributed by atoms with Gasteiger partial charge in [0.25, 0.3) is 11.8 Å². The number of carbonyl (C=O) groups is 7. The zero-order valence-electron chi connectivity index (χ0n) is 41.7. The summed E-state index contributed by atoms with van der Waals surface area (Å²) < 4.78 is 23.6. The van der Waals surface area contributed by atoms with Crippen molar-refractivity contribution in [2.75, 3.05) is 39.2 Å². The summed E-state index contributed by atoms with van der Waals surface area (Å²) in [5.74, 6) is -1.75. The Bertz CT molecular complexity index is 2660. The number of rotatable bonds is 22. The first kappa shape index (κ1) is 51.8. The van der Waals surface area contributed by atoms with Crippen LogP contribution in [0.15, 0.2) is 72.8 Å². The molecule has 4 aromatic carbocycles. The van der Waals surface area contributed by atoms with Crippen LogP contribution in [0.5, 0.6) is 17.2 Å². The molecule has 3 unspecified atom stereocenters. The Labute approximate surface area is 415 Å². The van der Waals surface area contributed by atoms with E-state index in [4.69, 9.17) is 18.9 Å². The quantitative estimate of drug-likeness (QED) is 0.0436. The van der Waals surface area contributed by atoms with E-state index in [1.54, 1.807) is 43.4 Å². The Balaban J connectivity index is 0.948. The molecular formula is C56H66N4O11. The number of ether oxygens (including phenoxy) is 4. The van der Waals surface area contributed by atoms with Crippen LogP contribution in [-0.4, -0.2) is 97.1 Å². The van der Waals surface area contributed by atoms with Crippen molar-refractivity contribution in [1.29, 1.82) is 0 Å². The van der Waals surface area contributed by atoms with Gasteiger partial charge in [-0.3, -0.25) is 39.0 Å². The second-order valence-electron chi connectivity index (χ2n) is 18.8. The Morgan fingerprint density at radius 1 is 0.817 bits per heavy atom. The smallest absolute Gasteiger partial charge is 0.329 e. The molecule has 3 heterocycles. The summed E-state index contributed by atoms with van der Waals surface area (Å²) in [5, 5.41) is 5.46. The van der Waals surface area contributed by atoms with Gasteiger partial charge in [-0.25, -0.2) is 4.79 Å². The fraction of sp³-hybridized carbons (Fsp3) is 0.446. The summed E-state index contributed by atoms with van der Waals surface area (Å²) in [4.78, 5) is 95.4. The molecule has 0 radical (unpaired) electrons. The number of piperidine rings is 2. The van der Waals surface area contributed by atoms with Gasteiger partial charge in [-0.05, 0) is 142 Å². The summed E-state index contributed by atoms with van der Waals surface area (Å²) in [7, 11) is 3.16. The second-order valence-corrected chi connectivity index (χ2v) is 18.8. The number of unbranched alkanes of at least 4 members (excludes halogenated alkanes) is 2. The van der Waals surface area contributed by atoms with Crippen molar-refractivity contribution in [2.24, 2.45) is 0 Å². The van der Waals surface area contributed by atoms with Gasteiger partial charge in [-0.2, -0.15) is 0 Å². The molecule has 0 saturated carbocycles. The predicted molar refractivity (Wildman–Crippen MR) is 267 cm³/mol. The summed E-state index contributed by atoms with van der Waals surface area (Å²) >= 11 is 0. The normalized spacial score (nSPS) is 17.5. The van der Waals surface area contributed by atoms with Crippen molar-refractivity contribution < 1.29 is 52.5 Å². The molecule has 71 heavy (non-hydrogen) atoms. The molecule has 3 aliphatic rings. The second kappa shape index (κ2) is 23.7. The van der Waals surface area contributed by atoms with Gasteiger partial charge in [-0.1, -0.05) is 55.8 Å². The molecule has 0 aromatic heterocycles. The number of amides is 5. The van der Waals surface area contributed by atoms with Gasteiger partial charge in [0.15, 0.2) is 17.3 Å². The van der Waals surface area contributed by atoms with Crippen LogP contribution in [0.2, 0.25) is 0 Å². The standard InChI is InChI=1S/C56H66N4O11/c1-7-42(39-30-36(4)51(69-6)48(32-39)68-5)53(64)59-28-12-10-20-46(59)56(67)71-47(25-23-37-22-21-34(2)35(3)29-37)38-15-13-17-41(31-38)70-33-40(61)16-9-8-11-27-57-44-19-14-18-43-50(44)55(66)60(54(43)65)45-24-26-49(62)58-52(45)63/h13-15,17-19,21-22,29-32,42,45-47,57H,7-12,16,20,23-28,33H2,1-6H3,(H,58,62,63)/t42-,45?,46?,47?/m0/s1. The fourth-order valence-electron chi connectivity index (χ4n) is 9.90. The third-order valence-corrected chi connectivity index (χ3v) is 13.9. The van der Waals surface area contributed by atoms with E-state index in [0.29, 0.717) is 87.4 Å². The SMILES string of the molecule is CC[C@H](C(=O)N1CCCCC1C(=O)OC(CCc1ccc(C)c(C)c1)c1cccc(OCC(=O)CCCCCNc2cccc3c2C(=O)N(C2CCC(=O)NC2=O)C3=O)c1)c1cc(C)c(OC)c(OC)c1.